The topological polar surface area (TPSA) is 50.9 Å². The van der Waals surface area contributed by atoms with Gasteiger partial charge in [-0.25, -0.2) is 4.68 Å². The molecule has 1 aromatic rings. The number of nitrogens with zero attached hydrogens (tertiary/aromatic N) is 3. The molecule has 1 fully saturated rings. The number of aromatic nitrogens is 3. The van der Waals surface area contributed by atoms with Gasteiger partial charge in [-0.2, -0.15) is 0 Å². The third-order valence-corrected chi connectivity index (χ3v) is 2.56. The molecule has 4 heteroatoms. The lowest BCUT2D eigenvalue weighted by Gasteiger charge is -2.41. The SMILES string of the molecule is CC1CC(O)(c2cnnn2C)C1. The van der Waals surface area contributed by atoms with E-state index in [1.807, 2.05) is 7.05 Å². The van der Waals surface area contributed by atoms with E-state index in [1.165, 1.54) is 0 Å². The zero-order chi connectivity index (χ0) is 8.77. The minimum atomic E-state index is -0.655. The molecule has 0 spiro atoms. The smallest absolute Gasteiger partial charge is 0.108 e. The van der Waals surface area contributed by atoms with Gasteiger partial charge in [0.1, 0.15) is 5.60 Å². The lowest BCUT2D eigenvalue weighted by atomic mass is 9.70. The maximum absolute atomic E-state index is 10.0. The highest BCUT2D eigenvalue weighted by atomic mass is 16.3. The zero-order valence-corrected chi connectivity index (χ0v) is 7.36. The summed E-state index contributed by atoms with van der Waals surface area (Å²) in [5, 5.41) is 17.6. The van der Waals surface area contributed by atoms with Gasteiger partial charge in [-0.05, 0) is 18.8 Å². The Morgan fingerprint density at radius 2 is 2.33 bits per heavy atom. The second-order valence-corrected chi connectivity index (χ2v) is 3.79. The van der Waals surface area contributed by atoms with Crippen molar-refractivity contribution >= 4 is 0 Å². The Bertz CT molecular complexity index is 288. The van der Waals surface area contributed by atoms with Gasteiger partial charge in [-0.1, -0.05) is 12.1 Å². The van der Waals surface area contributed by atoms with Crippen LogP contribution in [-0.4, -0.2) is 20.1 Å². The van der Waals surface area contributed by atoms with Gasteiger partial charge < -0.3 is 5.11 Å². The van der Waals surface area contributed by atoms with Crippen LogP contribution in [0.15, 0.2) is 6.20 Å². The molecule has 0 atom stereocenters. The predicted molar refractivity (Wildman–Crippen MR) is 43.3 cm³/mol. The maximum Gasteiger partial charge on any atom is 0.108 e. The molecule has 1 aliphatic rings. The summed E-state index contributed by atoms with van der Waals surface area (Å²) in [5.74, 6) is 0.616. The van der Waals surface area contributed by atoms with Gasteiger partial charge in [0.25, 0.3) is 0 Å². The van der Waals surface area contributed by atoms with E-state index in [0.29, 0.717) is 5.92 Å². The van der Waals surface area contributed by atoms with Crippen molar-refractivity contribution in [1.82, 2.24) is 15.0 Å². The fourth-order valence-corrected chi connectivity index (χ4v) is 2.01. The van der Waals surface area contributed by atoms with E-state index in [9.17, 15) is 5.11 Å². The summed E-state index contributed by atoms with van der Waals surface area (Å²) in [5.41, 5.74) is 0.179. The van der Waals surface area contributed by atoms with Gasteiger partial charge in [0.2, 0.25) is 0 Å². The van der Waals surface area contributed by atoms with Crippen LogP contribution in [0.3, 0.4) is 0 Å². The van der Waals surface area contributed by atoms with Crippen molar-refractivity contribution < 1.29 is 5.11 Å². The highest BCUT2D eigenvalue weighted by Crippen LogP contribution is 2.44. The predicted octanol–water partition coefficient (Wildman–Crippen LogP) is 0.433. The lowest BCUT2D eigenvalue weighted by molar-refractivity contribution is -0.0799. The molecular formula is C8H13N3O. The normalized spacial score (nSPS) is 34.8. The minimum Gasteiger partial charge on any atom is -0.383 e. The van der Waals surface area contributed by atoms with E-state index in [1.54, 1.807) is 10.9 Å². The number of hydrogen-bond acceptors (Lipinski definition) is 3. The summed E-state index contributed by atoms with van der Waals surface area (Å²) in [7, 11) is 1.81. The van der Waals surface area contributed by atoms with Crippen LogP contribution < -0.4 is 0 Å². The van der Waals surface area contributed by atoms with Crippen molar-refractivity contribution in [3.8, 4) is 0 Å². The van der Waals surface area contributed by atoms with Crippen LogP contribution in [0.1, 0.15) is 25.5 Å². The molecule has 1 saturated carbocycles. The molecule has 0 radical (unpaired) electrons. The average Bonchev–Trinajstić information content (AvgIpc) is 2.32. The first-order valence-electron chi connectivity index (χ1n) is 4.19. The first-order valence-corrected chi connectivity index (χ1v) is 4.19. The van der Waals surface area contributed by atoms with Crippen molar-refractivity contribution in [3.63, 3.8) is 0 Å². The van der Waals surface area contributed by atoms with E-state index in [0.717, 1.165) is 18.5 Å². The lowest BCUT2D eigenvalue weighted by Crippen LogP contribution is -2.41. The molecule has 4 nitrogen and oxygen atoms in total. The van der Waals surface area contributed by atoms with E-state index >= 15 is 0 Å². The molecule has 0 amide bonds. The molecule has 0 unspecified atom stereocenters. The Balaban J connectivity index is 2.26. The monoisotopic (exact) mass is 167 g/mol. The van der Waals surface area contributed by atoms with Gasteiger partial charge in [-0.3, -0.25) is 0 Å². The van der Waals surface area contributed by atoms with Crippen molar-refractivity contribution in [2.75, 3.05) is 0 Å². The van der Waals surface area contributed by atoms with Crippen molar-refractivity contribution in [3.05, 3.63) is 11.9 Å². The number of aryl methyl sites for hydroxylation is 1. The van der Waals surface area contributed by atoms with Gasteiger partial charge in [0.15, 0.2) is 0 Å². The van der Waals surface area contributed by atoms with Gasteiger partial charge in [-0.15, -0.1) is 5.10 Å². The second-order valence-electron chi connectivity index (χ2n) is 3.79. The summed E-state index contributed by atoms with van der Waals surface area (Å²) in [6, 6.07) is 0. The summed E-state index contributed by atoms with van der Waals surface area (Å²) in [4.78, 5) is 0. The number of aliphatic hydroxyl groups is 1. The largest absolute Gasteiger partial charge is 0.383 e. The van der Waals surface area contributed by atoms with Crippen LogP contribution in [0.4, 0.5) is 0 Å². The summed E-state index contributed by atoms with van der Waals surface area (Å²) < 4.78 is 1.64. The summed E-state index contributed by atoms with van der Waals surface area (Å²) in [6.45, 7) is 2.14. The van der Waals surface area contributed by atoms with Crippen LogP contribution in [-0.2, 0) is 12.6 Å². The molecule has 66 valence electrons. The molecule has 1 heterocycles. The molecule has 0 saturated heterocycles. The first kappa shape index (κ1) is 7.73. The Morgan fingerprint density at radius 1 is 1.67 bits per heavy atom. The zero-order valence-electron chi connectivity index (χ0n) is 7.36. The molecule has 1 aliphatic carbocycles. The van der Waals surface area contributed by atoms with Crippen molar-refractivity contribution in [1.29, 1.82) is 0 Å². The summed E-state index contributed by atoms with van der Waals surface area (Å²) in [6.07, 6.45) is 3.30. The minimum absolute atomic E-state index is 0.616. The fourth-order valence-electron chi connectivity index (χ4n) is 2.01. The van der Waals surface area contributed by atoms with E-state index < -0.39 is 5.60 Å². The van der Waals surface area contributed by atoms with Gasteiger partial charge in [0, 0.05) is 7.05 Å². The molecule has 0 aliphatic heterocycles. The van der Waals surface area contributed by atoms with E-state index in [2.05, 4.69) is 17.2 Å². The Kier molecular flexibility index (Phi) is 1.48. The molecular weight excluding hydrogens is 154 g/mol. The van der Waals surface area contributed by atoms with Gasteiger partial charge >= 0.3 is 0 Å². The van der Waals surface area contributed by atoms with Crippen LogP contribution in [0.25, 0.3) is 0 Å². The highest BCUT2D eigenvalue weighted by molar-refractivity contribution is 5.13. The summed E-state index contributed by atoms with van der Waals surface area (Å²) >= 11 is 0. The quantitative estimate of drug-likeness (QED) is 0.660. The first-order chi connectivity index (χ1) is 5.62. The van der Waals surface area contributed by atoms with Crippen LogP contribution in [0.2, 0.25) is 0 Å². The third-order valence-electron chi connectivity index (χ3n) is 2.56. The Hall–Kier alpha value is -0.900. The second kappa shape index (κ2) is 2.29. The Labute approximate surface area is 71.2 Å². The van der Waals surface area contributed by atoms with Crippen molar-refractivity contribution in [2.24, 2.45) is 13.0 Å². The molecule has 2 rings (SSSR count). The van der Waals surface area contributed by atoms with Crippen molar-refractivity contribution in [2.45, 2.75) is 25.4 Å². The van der Waals surface area contributed by atoms with E-state index in [4.69, 9.17) is 0 Å². The highest BCUT2D eigenvalue weighted by Gasteiger charge is 2.43. The van der Waals surface area contributed by atoms with Crippen LogP contribution in [0, 0.1) is 5.92 Å². The molecule has 1 N–H and O–H groups in total. The molecule has 0 aromatic carbocycles. The fraction of sp³-hybridized carbons (Fsp3) is 0.750. The molecule has 12 heavy (non-hydrogen) atoms. The van der Waals surface area contributed by atoms with Gasteiger partial charge in [0.05, 0.1) is 11.9 Å². The third kappa shape index (κ3) is 0.948. The standard InChI is InChI=1S/C8H13N3O/c1-6-3-8(12,4-6)7-5-9-10-11(7)2/h5-6,12H,3-4H2,1-2H3. The average molecular weight is 167 g/mol. The number of hydrogen-bond donors (Lipinski definition) is 1. The number of rotatable bonds is 1. The molecule has 1 aromatic heterocycles. The van der Waals surface area contributed by atoms with Crippen LogP contribution in [0.5, 0.6) is 0 Å². The maximum atomic E-state index is 10.0. The van der Waals surface area contributed by atoms with E-state index in [-0.39, 0.29) is 0 Å². The van der Waals surface area contributed by atoms with Crippen LogP contribution >= 0.6 is 0 Å². The molecule has 0 bridgehead atoms. The Morgan fingerprint density at radius 3 is 2.75 bits per heavy atom.